The number of carbonyl (C=O) groups excluding carboxylic acids is 1. The van der Waals surface area contributed by atoms with Crippen LogP contribution in [-0.4, -0.2) is 35.5 Å². The summed E-state index contributed by atoms with van der Waals surface area (Å²) < 4.78 is 0. The zero-order valence-electron chi connectivity index (χ0n) is 13.8. The Kier molecular flexibility index (Phi) is 4.93. The van der Waals surface area contributed by atoms with Crippen molar-refractivity contribution in [1.82, 2.24) is 15.3 Å². The Labute approximate surface area is 140 Å². The minimum absolute atomic E-state index is 0.0439. The molecule has 0 atom stereocenters. The number of hydrogen-bond acceptors (Lipinski definition) is 4. The van der Waals surface area contributed by atoms with E-state index in [0.29, 0.717) is 18.0 Å². The molecule has 0 aliphatic carbocycles. The van der Waals surface area contributed by atoms with Gasteiger partial charge in [0.1, 0.15) is 5.82 Å². The molecule has 6 nitrogen and oxygen atoms in total. The van der Waals surface area contributed by atoms with E-state index in [1.54, 1.807) is 18.5 Å². The van der Waals surface area contributed by atoms with Crippen molar-refractivity contribution in [2.45, 2.75) is 25.7 Å². The number of nitrogens with one attached hydrogen (secondary N) is 2. The first-order valence-electron chi connectivity index (χ1n) is 8.35. The van der Waals surface area contributed by atoms with Crippen molar-refractivity contribution in [2.24, 2.45) is 0 Å². The van der Waals surface area contributed by atoms with Crippen molar-refractivity contribution in [3.63, 3.8) is 0 Å². The van der Waals surface area contributed by atoms with Gasteiger partial charge in [-0.1, -0.05) is 0 Å². The third-order valence-electron chi connectivity index (χ3n) is 4.44. The second kappa shape index (κ2) is 7.29. The molecule has 0 saturated carbocycles. The molecule has 0 radical (unpaired) electrons. The minimum atomic E-state index is -0.0930. The Balaban J connectivity index is 1.62. The predicted octanol–water partition coefficient (Wildman–Crippen LogP) is 1.90. The summed E-state index contributed by atoms with van der Waals surface area (Å²) in [6.45, 7) is 4.29. The number of pyridine rings is 2. The summed E-state index contributed by atoms with van der Waals surface area (Å²) in [6, 6.07) is 7.40. The van der Waals surface area contributed by atoms with Gasteiger partial charge in [0.2, 0.25) is 5.56 Å². The predicted molar refractivity (Wildman–Crippen MR) is 93.5 cm³/mol. The van der Waals surface area contributed by atoms with Crippen molar-refractivity contribution in [2.75, 3.05) is 24.5 Å². The zero-order valence-corrected chi connectivity index (χ0v) is 13.8. The summed E-state index contributed by atoms with van der Waals surface area (Å²) in [7, 11) is 0. The molecule has 126 valence electrons. The largest absolute Gasteiger partial charge is 0.357 e. The van der Waals surface area contributed by atoms with Crippen molar-refractivity contribution >= 4 is 11.7 Å². The topological polar surface area (TPSA) is 78.1 Å². The molecule has 3 heterocycles. The quantitative estimate of drug-likeness (QED) is 0.899. The van der Waals surface area contributed by atoms with Crippen molar-refractivity contribution in [1.29, 1.82) is 0 Å². The average Bonchev–Trinajstić information content (AvgIpc) is 2.62. The molecule has 1 aliphatic rings. The van der Waals surface area contributed by atoms with Gasteiger partial charge < -0.3 is 15.2 Å². The third kappa shape index (κ3) is 3.64. The molecule has 1 amide bonds. The molecule has 0 unspecified atom stereocenters. The Morgan fingerprint density at radius 2 is 2.12 bits per heavy atom. The van der Waals surface area contributed by atoms with E-state index in [4.69, 9.17) is 0 Å². The molecule has 0 aromatic carbocycles. The molecule has 2 N–H and O–H groups in total. The van der Waals surface area contributed by atoms with Crippen LogP contribution < -0.4 is 15.8 Å². The molecular weight excluding hydrogens is 304 g/mol. The summed E-state index contributed by atoms with van der Waals surface area (Å²) >= 11 is 0. The van der Waals surface area contributed by atoms with E-state index in [9.17, 15) is 9.59 Å². The molecule has 2 aromatic heterocycles. The van der Waals surface area contributed by atoms with Crippen LogP contribution in [0, 0.1) is 0 Å². The van der Waals surface area contributed by atoms with Gasteiger partial charge in [0.15, 0.2) is 0 Å². The molecule has 1 aliphatic heterocycles. The van der Waals surface area contributed by atoms with E-state index < -0.39 is 0 Å². The molecule has 1 fully saturated rings. The first-order chi connectivity index (χ1) is 11.7. The number of H-pyrrole nitrogens is 1. The van der Waals surface area contributed by atoms with E-state index in [-0.39, 0.29) is 11.5 Å². The van der Waals surface area contributed by atoms with E-state index in [1.807, 2.05) is 25.1 Å². The van der Waals surface area contributed by atoms with Crippen molar-refractivity contribution < 1.29 is 4.79 Å². The Morgan fingerprint density at radius 3 is 2.75 bits per heavy atom. The van der Waals surface area contributed by atoms with E-state index in [1.165, 1.54) is 0 Å². The minimum Gasteiger partial charge on any atom is -0.357 e. The molecular formula is C18H22N4O2. The summed E-state index contributed by atoms with van der Waals surface area (Å²) in [5.74, 6) is 1.22. The maximum absolute atomic E-state index is 11.8. The average molecular weight is 326 g/mol. The van der Waals surface area contributed by atoms with Crippen LogP contribution in [0.3, 0.4) is 0 Å². The molecule has 0 spiro atoms. The van der Waals surface area contributed by atoms with Gasteiger partial charge in [-0.05, 0) is 49.4 Å². The number of amides is 1. The third-order valence-corrected chi connectivity index (χ3v) is 4.44. The number of nitrogens with zero attached hydrogens (tertiary/aromatic N) is 2. The maximum Gasteiger partial charge on any atom is 0.252 e. The molecule has 1 saturated heterocycles. The fourth-order valence-corrected chi connectivity index (χ4v) is 3.13. The van der Waals surface area contributed by atoms with Crippen LogP contribution in [0.5, 0.6) is 0 Å². The highest BCUT2D eigenvalue weighted by Crippen LogP contribution is 2.28. The number of aromatic nitrogens is 2. The fraction of sp³-hybridized carbons (Fsp3) is 0.389. The van der Waals surface area contributed by atoms with E-state index in [0.717, 1.165) is 37.3 Å². The summed E-state index contributed by atoms with van der Waals surface area (Å²) in [5.41, 5.74) is 1.65. The van der Waals surface area contributed by atoms with Crippen LogP contribution >= 0.6 is 0 Å². The van der Waals surface area contributed by atoms with Crippen LogP contribution in [-0.2, 0) is 0 Å². The van der Waals surface area contributed by atoms with E-state index in [2.05, 4.69) is 20.2 Å². The molecule has 0 bridgehead atoms. The van der Waals surface area contributed by atoms with Crippen molar-refractivity contribution in [3.05, 3.63) is 58.1 Å². The van der Waals surface area contributed by atoms with Gasteiger partial charge in [-0.25, -0.2) is 4.98 Å². The maximum atomic E-state index is 11.8. The van der Waals surface area contributed by atoms with Gasteiger partial charge >= 0.3 is 0 Å². The fourth-order valence-electron chi connectivity index (χ4n) is 3.13. The van der Waals surface area contributed by atoms with Crippen LogP contribution in [0.15, 0.2) is 41.5 Å². The lowest BCUT2D eigenvalue weighted by atomic mass is 9.90. The van der Waals surface area contributed by atoms with Gasteiger partial charge in [-0.2, -0.15) is 0 Å². The van der Waals surface area contributed by atoms with Crippen LogP contribution in [0.4, 0.5) is 5.82 Å². The molecule has 24 heavy (non-hydrogen) atoms. The van der Waals surface area contributed by atoms with Gasteiger partial charge in [0.05, 0.1) is 5.56 Å². The molecule has 2 aromatic rings. The number of hydrogen-bond donors (Lipinski definition) is 2. The van der Waals surface area contributed by atoms with Gasteiger partial charge in [0, 0.05) is 38.1 Å². The standard InChI is InChI=1S/C18H22N4O2/c1-2-19-18(24)15-3-4-16(21-12-15)22-9-6-13(7-10-22)14-5-8-20-17(23)11-14/h3-5,8,11-13H,2,6-7,9-10H2,1H3,(H,19,24)(H,20,23). The molecule has 6 heteroatoms. The monoisotopic (exact) mass is 326 g/mol. The van der Waals surface area contributed by atoms with Gasteiger partial charge in [-0.15, -0.1) is 0 Å². The highest BCUT2D eigenvalue weighted by Gasteiger charge is 2.21. The summed E-state index contributed by atoms with van der Waals surface area (Å²) in [4.78, 5) is 32.5. The summed E-state index contributed by atoms with van der Waals surface area (Å²) in [6.07, 6.45) is 5.32. The van der Waals surface area contributed by atoms with Gasteiger partial charge in [0.25, 0.3) is 5.91 Å². The lowest BCUT2D eigenvalue weighted by molar-refractivity contribution is 0.0955. The zero-order chi connectivity index (χ0) is 16.9. The highest BCUT2D eigenvalue weighted by atomic mass is 16.1. The number of piperidine rings is 1. The van der Waals surface area contributed by atoms with Crippen LogP contribution in [0.1, 0.15) is 41.6 Å². The first-order valence-corrected chi connectivity index (χ1v) is 8.35. The Hall–Kier alpha value is -2.63. The number of anilines is 1. The lowest BCUT2D eigenvalue weighted by Crippen LogP contribution is -2.33. The second-order valence-corrected chi connectivity index (χ2v) is 6.01. The lowest BCUT2D eigenvalue weighted by Gasteiger charge is -2.33. The van der Waals surface area contributed by atoms with Crippen LogP contribution in [0.25, 0.3) is 0 Å². The number of carbonyl (C=O) groups is 1. The molecule has 3 rings (SSSR count). The Bertz CT molecular complexity index is 746. The highest BCUT2D eigenvalue weighted by molar-refractivity contribution is 5.93. The first kappa shape index (κ1) is 16.2. The van der Waals surface area contributed by atoms with E-state index >= 15 is 0 Å². The summed E-state index contributed by atoms with van der Waals surface area (Å²) in [5, 5.41) is 2.77. The smallest absolute Gasteiger partial charge is 0.252 e. The van der Waals surface area contributed by atoms with Gasteiger partial charge in [-0.3, -0.25) is 9.59 Å². The van der Waals surface area contributed by atoms with Crippen LogP contribution in [0.2, 0.25) is 0 Å². The number of aromatic amines is 1. The SMILES string of the molecule is CCNC(=O)c1ccc(N2CCC(c3cc[nH]c(=O)c3)CC2)nc1. The number of rotatable bonds is 4. The van der Waals surface area contributed by atoms with Crippen molar-refractivity contribution in [3.8, 4) is 0 Å². The Morgan fingerprint density at radius 1 is 1.33 bits per heavy atom. The second-order valence-electron chi connectivity index (χ2n) is 6.01. The normalized spacial score (nSPS) is 15.3.